The number of aryl methyl sites for hydroxylation is 1. The van der Waals surface area contributed by atoms with E-state index in [9.17, 15) is 9.59 Å². The van der Waals surface area contributed by atoms with Crippen LogP contribution in [-0.4, -0.2) is 28.5 Å². The van der Waals surface area contributed by atoms with Crippen LogP contribution in [-0.2, 0) is 16.0 Å². The lowest BCUT2D eigenvalue weighted by molar-refractivity contribution is -0.138. The summed E-state index contributed by atoms with van der Waals surface area (Å²) >= 11 is 1.53. The molecular weight excluding hydrogens is 286 g/mol. The van der Waals surface area contributed by atoms with Crippen molar-refractivity contribution in [1.82, 2.24) is 0 Å². The Bertz CT molecular complexity index is 526. The highest BCUT2D eigenvalue weighted by Crippen LogP contribution is 2.50. The van der Waals surface area contributed by atoms with Crippen LogP contribution < -0.4 is 5.32 Å². The molecule has 1 aliphatic rings. The second-order valence-corrected chi connectivity index (χ2v) is 6.65. The van der Waals surface area contributed by atoms with Crippen molar-refractivity contribution >= 4 is 29.3 Å². The van der Waals surface area contributed by atoms with Crippen LogP contribution in [0.2, 0.25) is 0 Å². The van der Waals surface area contributed by atoms with Gasteiger partial charge in [-0.3, -0.25) is 9.59 Å². The summed E-state index contributed by atoms with van der Waals surface area (Å²) < 4.78 is 0. The number of carboxylic acid groups (broad SMARTS) is 1. The second kappa shape index (κ2) is 6.98. The van der Waals surface area contributed by atoms with Gasteiger partial charge in [-0.25, -0.2) is 0 Å². The molecule has 0 heterocycles. The summed E-state index contributed by atoms with van der Waals surface area (Å²) in [5, 5.41) is 11.7. The number of carbonyl (C=O) groups excluding carboxylic acids is 1. The van der Waals surface area contributed by atoms with E-state index in [1.165, 1.54) is 17.3 Å². The first kappa shape index (κ1) is 15.9. The van der Waals surface area contributed by atoms with E-state index in [1.54, 1.807) is 0 Å². The number of amides is 1. The van der Waals surface area contributed by atoms with Gasteiger partial charge in [0, 0.05) is 5.69 Å². The lowest BCUT2D eigenvalue weighted by Crippen LogP contribution is -2.17. The van der Waals surface area contributed by atoms with Gasteiger partial charge >= 0.3 is 5.97 Å². The molecule has 4 nitrogen and oxygen atoms in total. The van der Waals surface area contributed by atoms with Crippen molar-refractivity contribution < 1.29 is 14.7 Å². The average Bonchev–Trinajstić information content (AvgIpc) is 3.17. The Kier molecular flexibility index (Phi) is 5.28. The Labute approximate surface area is 129 Å². The van der Waals surface area contributed by atoms with Gasteiger partial charge in [0.25, 0.3) is 0 Å². The molecule has 0 unspecified atom stereocenters. The van der Waals surface area contributed by atoms with Crippen molar-refractivity contribution in [3.63, 3.8) is 0 Å². The number of carboxylic acids is 1. The average molecular weight is 307 g/mol. The lowest BCUT2D eigenvalue weighted by Gasteiger charge is -2.12. The molecule has 1 aliphatic carbocycles. The number of hydrogen-bond donors (Lipinski definition) is 2. The number of nitrogens with one attached hydrogen (secondary N) is 1. The van der Waals surface area contributed by atoms with Gasteiger partial charge in [0.05, 0.1) is 12.2 Å². The zero-order chi connectivity index (χ0) is 15.3. The van der Waals surface area contributed by atoms with Crippen molar-refractivity contribution in [2.45, 2.75) is 32.6 Å². The van der Waals surface area contributed by atoms with Crippen molar-refractivity contribution in [2.75, 3.05) is 16.8 Å². The summed E-state index contributed by atoms with van der Waals surface area (Å²) in [6.07, 6.45) is 3.09. The number of aliphatic carboxylic acids is 1. The van der Waals surface area contributed by atoms with E-state index in [0.717, 1.165) is 30.7 Å². The standard InChI is InChI=1S/C16H21NO3S/c1-2-12-4-3-5-13(8-12)17-14(18)10-21-11-16(6-7-16)9-15(19)20/h3-5,8H,2,6-7,9-11H2,1H3,(H,17,18)(H,19,20). The Balaban J connectivity index is 1.74. The van der Waals surface area contributed by atoms with Crippen LogP contribution in [0, 0.1) is 5.41 Å². The molecule has 1 saturated carbocycles. The van der Waals surface area contributed by atoms with Crippen LogP contribution in [0.15, 0.2) is 24.3 Å². The highest BCUT2D eigenvalue weighted by Gasteiger charge is 2.44. The van der Waals surface area contributed by atoms with Gasteiger partial charge in [-0.15, -0.1) is 0 Å². The van der Waals surface area contributed by atoms with Crippen LogP contribution in [0.25, 0.3) is 0 Å². The highest BCUT2D eigenvalue weighted by molar-refractivity contribution is 8.00. The summed E-state index contributed by atoms with van der Waals surface area (Å²) in [6, 6.07) is 7.84. The molecule has 0 spiro atoms. The molecule has 0 radical (unpaired) electrons. The first-order valence-corrected chi connectivity index (χ1v) is 8.37. The minimum absolute atomic E-state index is 0.0284. The molecule has 5 heteroatoms. The third kappa shape index (κ3) is 5.08. The van der Waals surface area contributed by atoms with Crippen molar-refractivity contribution in [1.29, 1.82) is 0 Å². The van der Waals surface area contributed by atoms with Gasteiger partial charge in [0.2, 0.25) is 5.91 Å². The molecule has 1 aromatic carbocycles. The van der Waals surface area contributed by atoms with Gasteiger partial charge in [-0.05, 0) is 48.1 Å². The monoisotopic (exact) mass is 307 g/mol. The van der Waals surface area contributed by atoms with Gasteiger partial charge in [0.1, 0.15) is 0 Å². The molecule has 21 heavy (non-hydrogen) atoms. The maximum absolute atomic E-state index is 11.9. The molecule has 0 saturated heterocycles. The summed E-state index contributed by atoms with van der Waals surface area (Å²) in [6.45, 7) is 2.08. The predicted octanol–water partition coefficient (Wildman–Crippen LogP) is 3.18. The van der Waals surface area contributed by atoms with Crippen LogP contribution >= 0.6 is 11.8 Å². The first-order chi connectivity index (χ1) is 10.0. The first-order valence-electron chi connectivity index (χ1n) is 7.21. The molecular formula is C16H21NO3S. The van der Waals surface area contributed by atoms with Crippen LogP contribution in [0.1, 0.15) is 31.7 Å². The largest absolute Gasteiger partial charge is 0.481 e. The van der Waals surface area contributed by atoms with Gasteiger partial charge in [0.15, 0.2) is 0 Å². The fraction of sp³-hybridized carbons (Fsp3) is 0.500. The molecule has 0 atom stereocenters. The molecule has 0 bridgehead atoms. The summed E-state index contributed by atoms with van der Waals surface area (Å²) in [4.78, 5) is 22.7. The second-order valence-electron chi connectivity index (χ2n) is 5.67. The quantitative estimate of drug-likeness (QED) is 0.774. The van der Waals surface area contributed by atoms with Crippen molar-refractivity contribution in [3.8, 4) is 0 Å². The molecule has 2 N–H and O–H groups in total. The molecule has 1 amide bonds. The fourth-order valence-corrected chi connectivity index (χ4v) is 3.48. The molecule has 1 aromatic rings. The van der Waals surface area contributed by atoms with Crippen LogP contribution in [0.3, 0.4) is 0 Å². The Morgan fingerprint density at radius 1 is 1.38 bits per heavy atom. The summed E-state index contributed by atoms with van der Waals surface area (Å²) in [7, 11) is 0. The number of thioether (sulfide) groups is 1. The van der Waals surface area contributed by atoms with E-state index in [4.69, 9.17) is 5.11 Å². The Hall–Kier alpha value is -1.49. The predicted molar refractivity (Wildman–Crippen MR) is 85.7 cm³/mol. The Morgan fingerprint density at radius 2 is 2.14 bits per heavy atom. The molecule has 0 aliphatic heterocycles. The van der Waals surface area contributed by atoms with Crippen molar-refractivity contribution in [3.05, 3.63) is 29.8 Å². The topological polar surface area (TPSA) is 66.4 Å². The minimum atomic E-state index is -0.742. The van der Waals surface area contributed by atoms with Crippen molar-refractivity contribution in [2.24, 2.45) is 5.41 Å². The lowest BCUT2D eigenvalue weighted by atomic mass is 10.1. The summed E-state index contributed by atoms with van der Waals surface area (Å²) in [5.41, 5.74) is 1.96. The third-order valence-corrected chi connectivity index (χ3v) is 5.03. The van der Waals surface area contributed by atoms with E-state index in [2.05, 4.69) is 12.2 Å². The molecule has 0 aromatic heterocycles. The van der Waals surface area contributed by atoms with Crippen LogP contribution in [0.4, 0.5) is 5.69 Å². The maximum Gasteiger partial charge on any atom is 0.303 e. The molecule has 1 fully saturated rings. The van der Waals surface area contributed by atoms with E-state index in [1.807, 2.05) is 24.3 Å². The number of anilines is 1. The number of benzene rings is 1. The van der Waals surface area contributed by atoms with Gasteiger partial charge < -0.3 is 10.4 Å². The van der Waals surface area contributed by atoms with E-state index in [-0.39, 0.29) is 17.7 Å². The van der Waals surface area contributed by atoms with E-state index in [0.29, 0.717) is 5.75 Å². The molecule has 2 rings (SSSR count). The maximum atomic E-state index is 11.9. The Morgan fingerprint density at radius 3 is 2.76 bits per heavy atom. The summed E-state index contributed by atoms with van der Waals surface area (Å²) in [5.74, 6) is 0.354. The molecule has 114 valence electrons. The third-order valence-electron chi connectivity index (χ3n) is 3.74. The zero-order valence-electron chi connectivity index (χ0n) is 12.2. The normalized spacial score (nSPS) is 15.5. The van der Waals surface area contributed by atoms with E-state index >= 15 is 0 Å². The SMILES string of the molecule is CCc1cccc(NC(=O)CSCC2(CC(=O)O)CC2)c1. The smallest absolute Gasteiger partial charge is 0.303 e. The number of rotatable bonds is 8. The fourth-order valence-electron chi connectivity index (χ4n) is 2.30. The highest BCUT2D eigenvalue weighted by atomic mass is 32.2. The van der Waals surface area contributed by atoms with Gasteiger partial charge in [-0.2, -0.15) is 11.8 Å². The number of carbonyl (C=O) groups is 2. The van der Waals surface area contributed by atoms with Gasteiger partial charge in [-0.1, -0.05) is 19.1 Å². The number of hydrogen-bond acceptors (Lipinski definition) is 3. The zero-order valence-corrected chi connectivity index (χ0v) is 13.0. The van der Waals surface area contributed by atoms with Crippen LogP contribution in [0.5, 0.6) is 0 Å². The van der Waals surface area contributed by atoms with E-state index < -0.39 is 5.97 Å². The minimum Gasteiger partial charge on any atom is -0.481 e.